The first-order chi connectivity index (χ1) is 9.36. The Kier molecular flexibility index (Phi) is 4.18. The molecule has 0 spiro atoms. The third-order valence-corrected chi connectivity index (χ3v) is 3.89. The minimum Gasteiger partial charge on any atom is -0.478 e. The Balaban J connectivity index is 2.10. The molecule has 1 saturated heterocycles. The second kappa shape index (κ2) is 5.71. The fourth-order valence-electron chi connectivity index (χ4n) is 2.28. The van der Waals surface area contributed by atoms with Crippen LogP contribution in [0.5, 0.6) is 0 Å². The minimum absolute atomic E-state index is 0.0518. The van der Waals surface area contributed by atoms with E-state index in [1.807, 2.05) is 0 Å². The van der Waals surface area contributed by atoms with Crippen molar-refractivity contribution >= 4 is 29.3 Å². The number of likely N-dealkylation sites (tertiary alicyclic amines) is 1. The first-order valence-electron chi connectivity index (χ1n) is 6.46. The number of benzene rings is 1. The van der Waals surface area contributed by atoms with Crippen molar-refractivity contribution < 1.29 is 14.7 Å². The van der Waals surface area contributed by atoms with Gasteiger partial charge in [-0.3, -0.25) is 0 Å². The van der Waals surface area contributed by atoms with E-state index in [4.69, 9.17) is 16.7 Å². The molecule has 0 aliphatic carbocycles. The van der Waals surface area contributed by atoms with E-state index in [9.17, 15) is 9.59 Å². The number of carboxylic acid groups (broad SMARTS) is 1. The molecule has 6 heteroatoms. The van der Waals surface area contributed by atoms with Crippen molar-refractivity contribution in [1.82, 2.24) is 4.90 Å². The normalized spacial score (nSPS) is 21.9. The minimum atomic E-state index is -1.08. The molecule has 0 bridgehead atoms. The van der Waals surface area contributed by atoms with Crippen molar-refractivity contribution in [3.8, 4) is 0 Å². The van der Waals surface area contributed by atoms with E-state index < -0.39 is 5.97 Å². The summed E-state index contributed by atoms with van der Waals surface area (Å²) >= 11 is 5.86. The molecule has 2 atom stereocenters. The Morgan fingerprint density at radius 2 is 1.85 bits per heavy atom. The van der Waals surface area contributed by atoms with Gasteiger partial charge in [0.15, 0.2) is 0 Å². The molecule has 20 heavy (non-hydrogen) atoms. The van der Waals surface area contributed by atoms with Crippen LogP contribution in [0.15, 0.2) is 18.2 Å². The molecule has 2 N–H and O–H groups in total. The number of carbonyl (C=O) groups excluding carboxylic acids is 1. The van der Waals surface area contributed by atoms with Gasteiger partial charge in [-0.25, -0.2) is 9.59 Å². The standard InChI is InChI=1S/C14H17ClN2O3/c1-8-6-17(7-9(8)2)14(20)16-12-4-10(13(18)19)3-11(15)5-12/h3-5,8-9H,6-7H2,1-2H3,(H,16,20)(H,18,19). The van der Waals surface area contributed by atoms with Crippen molar-refractivity contribution in [2.45, 2.75) is 13.8 Å². The molecule has 0 saturated carbocycles. The van der Waals surface area contributed by atoms with Crippen LogP contribution >= 0.6 is 11.6 Å². The Morgan fingerprint density at radius 3 is 2.40 bits per heavy atom. The van der Waals surface area contributed by atoms with Crippen molar-refractivity contribution in [3.63, 3.8) is 0 Å². The maximum atomic E-state index is 12.1. The summed E-state index contributed by atoms with van der Waals surface area (Å²) in [6, 6.07) is 4.06. The van der Waals surface area contributed by atoms with E-state index in [1.54, 1.807) is 4.90 Å². The van der Waals surface area contributed by atoms with Crippen LogP contribution in [0.3, 0.4) is 0 Å². The molecule has 108 valence electrons. The van der Waals surface area contributed by atoms with Gasteiger partial charge in [0.2, 0.25) is 0 Å². The van der Waals surface area contributed by atoms with Crippen LogP contribution in [-0.2, 0) is 0 Å². The molecule has 1 aliphatic heterocycles. The highest BCUT2D eigenvalue weighted by molar-refractivity contribution is 6.31. The zero-order valence-corrected chi connectivity index (χ0v) is 12.1. The lowest BCUT2D eigenvalue weighted by atomic mass is 10.0. The molecule has 1 aromatic rings. The van der Waals surface area contributed by atoms with Crippen LogP contribution < -0.4 is 5.32 Å². The summed E-state index contributed by atoms with van der Waals surface area (Å²) in [5, 5.41) is 11.9. The summed E-state index contributed by atoms with van der Waals surface area (Å²) in [7, 11) is 0. The van der Waals surface area contributed by atoms with Crippen LogP contribution in [0.2, 0.25) is 5.02 Å². The number of aromatic carboxylic acids is 1. The number of anilines is 1. The molecule has 1 heterocycles. The third kappa shape index (κ3) is 3.22. The fourth-order valence-corrected chi connectivity index (χ4v) is 2.52. The molecule has 2 amide bonds. The molecule has 5 nitrogen and oxygen atoms in total. The van der Waals surface area contributed by atoms with Crippen molar-refractivity contribution in [3.05, 3.63) is 28.8 Å². The molecular formula is C14H17ClN2O3. The van der Waals surface area contributed by atoms with E-state index in [0.29, 0.717) is 30.6 Å². The molecule has 1 fully saturated rings. The van der Waals surface area contributed by atoms with Gasteiger partial charge in [-0.15, -0.1) is 0 Å². The van der Waals surface area contributed by atoms with Crippen LogP contribution in [0.1, 0.15) is 24.2 Å². The maximum absolute atomic E-state index is 12.1. The zero-order chi connectivity index (χ0) is 14.9. The van der Waals surface area contributed by atoms with Gasteiger partial charge < -0.3 is 15.3 Å². The van der Waals surface area contributed by atoms with Crippen LogP contribution in [-0.4, -0.2) is 35.1 Å². The highest BCUT2D eigenvalue weighted by atomic mass is 35.5. The first-order valence-corrected chi connectivity index (χ1v) is 6.84. The van der Waals surface area contributed by atoms with Crippen LogP contribution in [0.4, 0.5) is 10.5 Å². The number of nitrogens with one attached hydrogen (secondary N) is 1. The van der Waals surface area contributed by atoms with Crippen molar-refractivity contribution in [1.29, 1.82) is 0 Å². The van der Waals surface area contributed by atoms with E-state index >= 15 is 0 Å². The smallest absolute Gasteiger partial charge is 0.335 e. The Bertz CT molecular complexity index is 537. The number of carbonyl (C=O) groups is 2. The SMILES string of the molecule is CC1CN(C(=O)Nc2cc(Cl)cc(C(=O)O)c2)CC1C. The molecular weight excluding hydrogens is 280 g/mol. The summed E-state index contributed by atoms with van der Waals surface area (Å²) in [4.78, 5) is 24.8. The molecule has 0 radical (unpaired) electrons. The van der Waals surface area contributed by atoms with Gasteiger partial charge in [-0.05, 0) is 30.0 Å². The third-order valence-electron chi connectivity index (χ3n) is 3.67. The highest BCUT2D eigenvalue weighted by Gasteiger charge is 2.29. The Morgan fingerprint density at radius 1 is 1.25 bits per heavy atom. The maximum Gasteiger partial charge on any atom is 0.335 e. The van der Waals surface area contributed by atoms with Crippen LogP contribution in [0, 0.1) is 11.8 Å². The van der Waals surface area contributed by atoms with E-state index in [2.05, 4.69) is 19.2 Å². The number of hydrogen-bond donors (Lipinski definition) is 2. The monoisotopic (exact) mass is 296 g/mol. The van der Waals surface area contributed by atoms with Crippen molar-refractivity contribution in [2.24, 2.45) is 11.8 Å². The molecule has 1 aliphatic rings. The number of nitrogens with zero attached hydrogens (tertiary/aromatic N) is 1. The summed E-state index contributed by atoms with van der Waals surface area (Å²) in [6.07, 6.45) is 0. The van der Waals surface area contributed by atoms with E-state index in [0.717, 1.165) is 0 Å². The second-order valence-corrected chi connectivity index (χ2v) is 5.76. The lowest BCUT2D eigenvalue weighted by molar-refractivity contribution is 0.0697. The van der Waals surface area contributed by atoms with Gasteiger partial charge >= 0.3 is 12.0 Å². The largest absolute Gasteiger partial charge is 0.478 e. The number of halogens is 1. The summed E-state index contributed by atoms with van der Waals surface area (Å²) in [5.41, 5.74) is 0.447. The Hall–Kier alpha value is -1.75. The zero-order valence-electron chi connectivity index (χ0n) is 11.4. The predicted molar refractivity (Wildman–Crippen MR) is 77.3 cm³/mol. The summed E-state index contributed by atoms with van der Waals surface area (Å²) < 4.78 is 0. The average molecular weight is 297 g/mol. The molecule has 1 aromatic carbocycles. The number of urea groups is 1. The van der Waals surface area contributed by atoms with Crippen molar-refractivity contribution in [2.75, 3.05) is 18.4 Å². The molecule has 2 rings (SSSR count). The van der Waals surface area contributed by atoms with Crippen LogP contribution in [0.25, 0.3) is 0 Å². The summed E-state index contributed by atoms with van der Waals surface area (Å²) in [5.74, 6) is -0.143. The van der Waals surface area contributed by atoms with Gasteiger partial charge in [-0.1, -0.05) is 25.4 Å². The topological polar surface area (TPSA) is 69.6 Å². The average Bonchev–Trinajstić information content (AvgIpc) is 2.69. The quantitative estimate of drug-likeness (QED) is 0.881. The van der Waals surface area contributed by atoms with Gasteiger partial charge in [0.1, 0.15) is 0 Å². The van der Waals surface area contributed by atoms with E-state index in [-0.39, 0.29) is 16.6 Å². The number of hydrogen-bond acceptors (Lipinski definition) is 2. The highest BCUT2D eigenvalue weighted by Crippen LogP contribution is 2.24. The number of carboxylic acids is 1. The first kappa shape index (κ1) is 14.7. The number of rotatable bonds is 2. The lowest BCUT2D eigenvalue weighted by Gasteiger charge is -2.17. The predicted octanol–water partition coefficient (Wildman–Crippen LogP) is 3.16. The molecule has 2 unspecified atom stereocenters. The second-order valence-electron chi connectivity index (χ2n) is 5.32. The Labute approximate surface area is 122 Å². The molecule has 0 aromatic heterocycles. The van der Waals surface area contributed by atoms with Gasteiger partial charge in [0, 0.05) is 23.8 Å². The lowest BCUT2D eigenvalue weighted by Crippen LogP contribution is -2.33. The van der Waals surface area contributed by atoms with Gasteiger partial charge in [-0.2, -0.15) is 0 Å². The number of amides is 2. The van der Waals surface area contributed by atoms with Gasteiger partial charge in [0.05, 0.1) is 5.56 Å². The fraction of sp³-hybridized carbons (Fsp3) is 0.429. The summed E-state index contributed by atoms with van der Waals surface area (Å²) in [6.45, 7) is 5.64. The van der Waals surface area contributed by atoms with E-state index in [1.165, 1.54) is 18.2 Å². The van der Waals surface area contributed by atoms with Gasteiger partial charge in [0.25, 0.3) is 0 Å².